The van der Waals surface area contributed by atoms with E-state index in [1.54, 1.807) is 17.0 Å². The Morgan fingerprint density at radius 3 is 2.21 bits per heavy atom. The first-order valence-electron chi connectivity index (χ1n) is 7.43. The summed E-state index contributed by atoms with van der Waals surface area (Å²) in [5.41, 5.74) is 0.661. The monoisotopic (exact) mass is 332 g/mol. The van der Waals surface area contributed by atoms with Crippen LogP contribution in [0, 0.1) is 11.3 Å². The summed E-state index contributed by atoms with van der Waals surface area (Å²) in [6.07, 6.45) is 1.52. The van der Waals surface area contributed by atoms with Gasteiger partial charge in [0.1, 0.15) is 11.6 Å². The van der Waals surface area contributed by atoms with Crippen LogP contribution >= 0.6 is 0 Å². The molecule has 1 heterocycles. The molecule has 0 aliphatic carbocycles. The maximum absolute atomic E-state index is 12.5. The lowest BCUT2D eigenvalue weighted by Crippen LogP contribution is -2.41. The first-order chi connectivity index (χ1) is 11.6. The van der Waals surface area contributed by atoms with Gasteiger partial charge in [-0.3, -0.25) is 4.79 Å². The SMILES string of the molecule is COc1cc(/C=C(/C#N)C(=O)N2CCOCC2)cc(OC)c1OC. The van der Waals surface area contributed by atoms with Crippen LogP contribution in [0.1, 0.15) is 5.56 Å². The molecule has 24 heavy (non-hydrogen) atoms. The summed E-state index contributed by atoms with van der Waals surface area (Å²) >= 11 is 0. The minimum Gasteiger partial charge on any atom is -0.493 e. The summed E-state index contributed by atoms with van der Waals surface area (Å²) in [6, 6.07) is 5.34. The fourth-order valence-electron chi connectivity index (χ4n) is 2.43. The molecule has 0 unspecified atom stereocenters. The van der Waals surface area contributed by atoms with Crippen LogP contribution in [0.4, 0.5) is 0 Å². The number of nitriles is 1. The molecule has 0 saturated carbocycles. The topological polar surface area (TPSA) is 81.0 Å². The minimum absolute atomic E-state index is 0.0474. The van der Waals surface area contributed by atoms with E-state index in [0.29, 0.717) is 49.1 Å². The zero-order valence-corrected chi connectivity index (χ0v) is 14.0. The van der Waals surface area contributed by atoms with Gasteiger partial charge in [0.15, 0.2) is 11.5 Å². The summed E-state index contributed by atoms with van der Waals surface area (Å²) in [7, 11) is 4.53. The van der Waals surface area contributed by atoms with E-state index >= 15 is 0 Å². The van der Waals surface area contributed by atoms with Gasteiger partial charge in [-0.2, -0.15) is 5.26 Å². The van der Waals surface area contributed by atoms with Gasteiger partial charge in [-0.05, 0) is 23.8 Å². The lowest BCUT2D eigenvalue weighted by Gasteiger charge is -2.26. The lowest BCUT2D eigenvalue weighted by molar-refractivity contribution is -0.130. The highest BCUT2D eigenvalue weighted by molar-refractivity contribution is 6.01. The number of nitrogens with zero attached hydrogens (tertiary/aromatic N) is 2. The molecule has 0 bridgehead atoms. The molecule has 1 aliphatic heterocycles. The molecule has 7 nitrogen and oxygen atoms in total. The predicted octanol–water partition coefficient (Wildman–Crippen LogP) is 1.48. The van der Waals surface area contributed by atoms with E-state index in [4.69, 9.17) is 18.9 Å². The molecule has 0 atom stereocenters. The highest BCUT2D eigenvalue weighted by Crippen LogP contribution is 2.38. The van der Waals surface area contributed by atoms with Crippen LogP contribution in [0.15, 0.2) is 17.7 Å². The molecule has 1 aliphatic rings. The second kappa shape index (κ2) is 8.22. The van der Waals surface area contributed by atoms with Crippen LogP contribution in [-0.2, 0) is 9.53 Å². The quantitative estimate of drug-likeness (QED) is 0.600. The van der Waals surface area contributed by atoms with Crippen molar-refractivity contribution in [1.82, 2.24) is 4.90 Å². The van der Waals surface area contributed by atoms with Crippen molar-refractivity contribution in [3.8, 4) is 23.3 Å². The molecular formula is C17H20N2O5. The number of methoxy groups -OCH3 is 3. The number of hydrogen-bond acceptors (Lipinski definition) is 6. The normalized spacial score (nSPS) is 14.8. The molecule has 0 spiro atoms. The Bertz CT molecular complexity index is 647. The number of rotatable bonds is 5. The van der Waals surface area contributed by atoms with E-state index in [9.17, 15) is 10.1 Å². The molecule has 1 amide bonds. The predicted molar refractivity (Wildman–Crippen MR) is 87.1 cm³/mol. The fraction of sp³-hybridized carbons (Fsp3) is 0.412. The van der Waals surface area contributed by atoms with Gasteiger partial charge < -0.3 is 23.8 Å². The van der Waals surface area contributed by atoms with Crippen LogP contribution < -0.4 is 14.2 Å². The number of benzene rings is 1. The van der Waals surface area contributed by atoms with Crippen molar-refractivity contribution in [1.29, 1.82) is 5.26 Å². The van der Waals surface area contributed by atoms with Crippen LogP contribution in [0.25, 0.3) is 6.08 Å². The summed E-state index contributed by atoms with van der Waals surface area (Å²) in [5, 5.41) is 9.36. The molecular weight excluding hydrogens is 312 g/mol. The van der Waals surface area contributed by atoms with E-state index < -0.39 is 0 Å². The van der Waals surface area contributed by atoms with Crippen LogP contribution in [0.3, 0.4) is 0 Å². The Morgan fingerprint density at radius 1 is 1.17 bits per heavy atom. The number of morpholine rings is 1. The maximum atomic E-state index is 12.5. The summed E-state index contributed by atoms with van der Waals surface area (Å²) in [5.74, 6) is 1.06. The highest BCUT2D eigenvalue weighted by atomic mass is 16.5. The van der Waals surface area contributed by atoms with Gasteiger partial charge in [0, 0.05) is 13.1 Å². The smallest absolute Gasteiger partial charge is 0.264 e. The summed E-state index contributed by atoms with van der Waals surface area (Å²) in [6.45, 7) is 1.92. The van der Waals surface area contributed by atoms with Gasteiger partial charge in [-0.1, -0.05) is 0 Å². The second-order valence-electron chi connectivity index (χ2n) is 5.03. The Kier molecular flexibility index (Phi) is 6.04. The summed E-state index contributed by atoms with van der Waals surface area (Å²) < 4.78 is 21.1. The Hall–Kier alpha value is -2.72. The first kappa shape index (κ1) is 17.6. The van der Waals surface area contributed by atoms with Crippen molar-refractivity contribution in [2.45, 2.75) is 0 Å². The fourth-order valence-corrected chi connectivity index (χ4v) is 2.43. The molecule has 1 saturated heterocycles. The van der Waals surface area contributed by atoms with E-state index in [1.807, 2.05) is 6.07 Å². The molecule has 1 fully saturated rings. The largest absolute Gasteiger partial charge is 0.493 e. The van der Waals surface area contributed by atoms with Crippen molar-refractivity contribution in [2.24, 2.45) is 0 Å². The van der Waals surface area contributed by atoms with Crippen LogP contribution in [0.5, 0.6) is 17.2 Å². The Balaban J connectivity index is 2.36. The molecule has 0 aromatic heterocycles. The van der Waals surface area contributed by atoms with Gasteiger partial charge in [0.25, 0.3) is 5.91 Å². The van der Waals surface area contributed by atoms with E-state index in [0.717, 1.165) is 0 Å². The third-order valence-electron chi connectivity index (χ3n) is 3.65. The third kappa shape index (κ3) is 3.78. The van der Waals surface area contributed by atoms with Gasteiger partial charge in [0.05, 0.1) is 34.5 Å². The average Bonchev–Trinajstić information content (AvgIpc) is 2.65. The molecule has 7 heteroatoms. The molecule has 0 N–H and O–H groups in total. The molecule has 1 aromatic carbocycles. The van der Waals surface area contributed by atoms with Crippen molar-refractivity contribution in [2.75, 3.05) is 47.6 Å². The molecule has 1 aromatic rings. The summed E-state index contributed by atoms with van der Waals surface area (Å²) in [4.78, 5) is 14.1. The number of ether oxygens (including phenoxy) is 4. The van der Waals surface area contributed by atoms with E-state index in [1.165, 1.54) is 27.4 Å². The third-order valence-corrected chi connectivity index (χ3v) is 3.65. The Labute approximate surface area is 141 Å². The standard InChI is InChI=1S/C17H20N2O5/c1-21-14-9-12(10-15(22-2)16(14)23-3)8-13(11-18)17(20)19-4-6-24-7-5-19/h8-10H,4-7H2,1-3H3/b13-8-. The zero-order valence-electron chi connectivity index (χ0n) is 14.0. The number of amides is 1. The molecule has 0 radical (unpaired) electrons. The van der Waals surface area contributed by atoms with Crippen molar-refractivity contribution >= 4 is 12.0 Å². The lowest BCUT2D eigenvalue weighted by atomic mass is 10.1. The number of hydrogen-bond donors (Lipinski definition) is 0. The Morgan fingerprint density at radius 2 is 1.75 bits per heavy atom. The van der Waals surface area contributed by atoms with Gasteiger partial charge >= 0.3 is 0 Å². The average molecular weight is 332 g/mol. The van der Waals surface area contributed by atoms with E-state index in [-0.39, 0.29) is 11.5 Å². The number of carbonyl (C=O) groups is 1. The number of carbonyl (C=O) groups excluding carboxylic acids is 1. The second-order valence-corrected chi connectivity index (χ2v) is 5.03. The van der Waals surface area contributed by atoms with E-state index in [2.05, 4.69) is 0 Å². The first-order valence-corrected chi connectivity index (χ1v) is 7.43. The minimum atomic E-state index is -0.311. The van der Waals surface area contributed by atoms with Crippen LogP contribution in [0.2, 0.25) is 0 Å². The van der Waals surface area contributed by atoms with Crippen LogP contribution in [-0.4, -0.2) is 58.4 Å². The van der Waals surface area contributed by atoms with Gasteiger partial charge in [-0.15, -0.1) is 0 Å². The van der Waals surface area contributed by atoms with Crippen molar-refractivity contribution in [3.05, 3.63) is 23.3 Å². The maximum Gasteiger partial charge on any atom is 0.264 e. The molecule has 128 valence electrons. The van der Waals surface area contributed by atoms with Gasteiger partial charge in [0.2, 0.25) is 5.75 Å². The zero-order chi connectivity index (χ0) is 17.5. The van der Waals surface area contributed by atoms with Crippen molar-refractivity contribution in [3.63, 3.8) is 0 Å². The van der Waals surface area contributed by atoms with Gasteiger partial charge in [-0.25, -0.2) is 0 Å². The highest BCUT2D eigenvalue weighted by Gasteiger charge is 2.21. The molecule has 2 rings (SSSR count). The van der Waals surface area contributed by atoms with Crippen molar-refractivity contribution < 1.29 is 23.7 Å².